The maximum Gasteiger partial charge on any atom is 0.225 e. The van der Waals surface area contributed by atoms with Crippen LogP contribution in [0.5, 0.6) is 0 Å². The van der Waals surface area contributed by atoms with Gasteiger partial charge in [0.05, 0.1) is 0 Å². The van der Waals surface area contributed by atoms with Crippen LogP contribution in [0.2, 0.25) is 0 Å². The molecule has 1 aliphatic heterocycles. The molecular formula is C20H21N3O2S. The number of amides is 1. The Hall–Kier alpha value is -2.31. The predicted molar refractivity (Wildman–Crippen MR) is 106 cm³/mol. The summed E-state index contributed by atoms with van der Waals surface area (Å²) in [6.07, 6.45) is 1.14. The first-order valence-corrected chi connectivity index (χ1v) is 9.96. The standard InChI is InChI=1S/C20H21N3O2S/c24-19(12-16-13-26-9-8-21-16)22-15-6-7-17-18(11-15)25-20(23-17)10-14-4-2-1-3-5-14/h1-7,11,16,21H,8-10,12-13H2,(H,22,24). The van der Waals surface area contributed by atoms with Crippen molar-refractivity contribution in [1.29, 1.82) is 0 Å². The number of carbonyl (C=O) groups is 1. The van der Waals surface area contributed by atoms with Crippen LogP contribution in [0.3, 0.4) is 0 Å². The minimum absolute atomic E-state index is 0.0216. The second-order valence-corrected chi connectivity index (χ2v) is 7.58. The molecule has 1 aliphatic rings. The van der Waals surface area contributed by atoms with Crippen molar-refractivity contribution in [3.05, 3.63) is 60.0 Å². The first-order valence-electron chi connectivity index (χ1n) is 8.81. The molecule has 4 rings (SSSR count). The highest BCUT2D eigenvalue weighted by Gasteiger charge is 2.17. The van der Waals surface area contributed by atoms with E-state index in [-0.39, 0.29) is 11.9 Å². The van der Waals surface area contributed by atoms with Crippen molar-refractivity contribution < 1.29 is 9.21 Å². The van der Waals surface area contributed by atoms with Gasteiger partial charge in [-0.15, -0.1) is 0 Å². The van der Waals surface area contributed by atoms with E-state index in [0.717, 1.165) is 34.8 Å². The number of nitrogens with one attached hydrogen (secondary N) is 2. The maximum atomic E-state index is 12.3. The lowest BCUT2D eigenvalue weighted by molar-refractivity contribution is -0.116. The average molecular weight is 367 g/mol. The number of aromatic nitrogens is 1. The third-order valence-electron chi connectivity index (χ3n) is 4.34. The summed E-state index contributed by atoms with van der Waals surface area (Å²) in [5, 5.41) is 6.35. The van der Waals surface area contributed by atoms with Crippen molar-refractivity contribution in [3.8, 4) is 0 Å². The minimum atomic E-state index is 0.0216. The van der Waals surface area contributed by atoms with Gasteiger partial charge in [0.2, 0.25) is 5.91 Å². The molecule has 1 saturated heterocycles. The van der Waals surface area contributed by atoms with Gasteiger partial charge in [-0.05, 0) is 17.7 Å². The van der Waals surface area contributed by atoms with Crippen molar-refractivity contribution >= 4 is 34.5 Å². The smallest absolute Gasteiger partial charge is 0.225 e. The number of hydrogen-bond acceptors (Lipinski definition) is 5. The lowest BCUT2D eigenvalue weighted by Crippen LogP contribution is -2.39. The van der Waals surface area contributed by atoms with Gasteiger partial charge < -0.3 is 15.1 Å². The molecule has 134 valence electrons. The van der Waals surface area contributed by atoms with Crippen LogP contribution in [0.4, 0.5) is 5.69 Å². The van der Waals surface area contributed by atoms with Crippen LogP contribution in [0, 0.1) is 0 Å². The molecule has 1 unspecified atom stereocenters. The Kier molecular flexibility index (Phi) is 5.22. The van der Waals surface area contributed by atoms with Crippen LogP contribution in [0.25, 0.3) is 11.1 Å². The van der Waals surface area contributed by atoms with Crippen LogP contribution in [0.15, 0.2) is 52.9 Å². The zero-order valence-electron chi connectivity index (χ0n) is 14.4. The second kappa shape index (κ2) is 7.93. The average Bonchev–Trinajstić information content (AvgIpc) is 3.05. The number of thioether (sulfide) groups is 1. The van der Waals surface area contributed by atoms with E-state index in [0.29, 0.717) is 24.3 Å². The van der Waals surface area contributed by atoms with Gasteiger partial charge in [0.15, 0.2) is 11.5 Å². The molecule has 1 aromatic heterocycles. The molecule has 0 bridgehead atoms. The van der Waals surface area contributed by atoms with E-state index in [4.69, 9.17) is 4.42 Å². The van der Waals surface area contributed by atoms with Gasteiger partial charge in [-0.1, -0.05) is 30.3 Å². The predicted octanol–water partition coefficient (Wildman–Crippen LogP) is 3.45. The van der Waals surface area contributed by atoms with Crippen LogP contribution in [-0.4, -0.2) is 35.0 Å². The summed E-state index contributed by atoms with van der Waals surface area (Å²) < 4.78 is 5.87. The summed E-state index contributed by atoms with van der Waals surface area (Å²) in [5.41, 5.74) is 3.40. The number of anilines is 1. The molecule has 0 aliphatic carbocycles. The molecule has 26 heavy (non-hydrogen) atoms. The topological polar surface area (TPSA) is 67.2 Å². The molecule has 1 atom stereocenters. The SMILES string of the molecule is O=C(CC1CSCCN1)Nc1ccc2nc(Cc3ccccc3)oc2c1. The zero-order chi connectivity index (χ0) is 17.8. The maximum absolute atomic E-state index is 12.3. The summed E-state index contributed by atoms with van der Waals surface area (Å²) in [4.78, 5) is 16.8. The van der Waals surface area contributed by atoms with E-state index < -0.39 is 0 Å². The van der Waals surface area contributed by atoms with Gasteiger partial charge >= 0.3 is 0 Å². The van der Waals surface area contributed by atoms with Crippen molar-refractivity contribution in [2.45, 2.75) is 18.9 Å². The molecule has 2 heterocycles. The van der Waals surface area contributed by atoms with Crippen molar-refractivity contribution in [2.75, 3.05) is 23.4 Å². The molecule has 0 radical (unpaired) electrons. The summed E-state index contributed by atoms with van der Waals surface area (Å²) in [6.45, 7) is 0.969. The highest BCUT2D eigenvalue weighted by molar-refractivity contribution is 7.99. The largest absolute Gasteiger partial charge is 0.440 e. The Morgan fingerprint density at radius 1 is 1.27 bits per heavy atom. The van der Waals surface area contributed by atoms with E-state index in [1.807, 2.05) is 48.2 Å². The summed E-state index contributed by atoms with van der Waals surface area (Å²) in [7, 11) is 0. The van der Waals surface area contributed by atoms with E-state index in [1.165, 1.54) is 0 Å². The lowest BCUT2D eigenvalue weighted by Gasteiger charge is -2.22. The molecule has 1 amide bonds. The van der Waals surface area contributed by atoms with Gasteiger partial charge in [0.1, 0.15) is 5.52 Å². The fourth-order valence-corrected chi connectivity index (χ4v) is 4.03. The van der Waals surface area contributed by atoms with Crippen molar-refractivity contribution in [1.82, 2.24) is 10.3 Å². The van der Waals surface area contributed by atoms with Crippen LogP contribution in [-0.2, 0) is 11.2 Å². The monoisotopic (exact) mass is 367 g/mol. The summed E-state index contributed by atoms with van der Waals surface area (Å²) >= 11 is 1.89. The Bertz CT molecular complexity index is 888. The molecule has 0 spiro atoms. The quantitative estimate of drug-likeness (QED) is 0.723. The molecule has 5 nitrogen and oxygen atoms in total. The molecule has 1 fully saturated rings. The third kappa shape index (κ3) is 4.26. The highest BCUT2D eigenvalue weighted by atomic mass is 32.2. The molecule has 6 heteroatoms. The Morgan fingerprint density at radius 2 is 2.15 bits per heavy atom. The van der Waals surface area contributed by atoms with Gasteiger partial charge in [0, 0.05) is 48.7 Å². The molecule has 2 aromatic carbocycles. The second-order valence-electron chi connectivity index (χ2n) is 6.43. The Morgan fingerprint density at radius 3 is 2.96 bits per heavy atom. The molecule has 2 N–H and O–H groups in total. The minimum Gasteiger partial charge on any atom is -0.440 e. The molecular weight excluding hydrogens is 346 g/mol. The number of carbonyl (C=O) groups excluding carboxylic acids is 1. The number of fused-ring (bicyclic) bond motifs is 1. The number of nitrogens with zero attached hydrogens (tertiary/aromatic N) is 1. The Balaban J connectivity index is 1.42. The number of hydrogen-bond donors (Lipinski definition) is 2. The summed E-state index contributed by atoms with van der Waals surface area (Å²) in [6, 6.07) is 16.0. The van der Waals surface area contributed by atoms with Gasteiger partial charge in [-0.2, -0.15) is 11.8 Å². The van der Waals surface area contributed by atoms with Crippen molar-refractivity contribution in [3.63, 3.8) is 0 Å². The lowest BCUT2D eigenvalue weighted by atomic mass is 10.1. The Labute approximate surface area is 156 Å². The van der Waals surface area contributed by atoms with Crippen molar-refractivity contribution in [2.24, 2.45) is 0 Å². The van der Waals surface area contributed by atoms with E-state index >= 15 is 0 Å². The third-order valence-corrected chi connectivity index (χ3v) is 5.48. The number of oxazole rings is 1. The molecule has 3 aromatic rings. The first-order chi connectivity index (χ1) is 12.8. The summed E-state index contributed by atoms with van der Waals surface area (Å²) in [5.74, 6) is 2.80. The van der Waals surface area contributed by atoms with Gasteiger partial charge in [-0.3, -0.25) is 4.79 Å². The fourth-order valence-electron chi connectivity index (χ4n) is 3.08. The van der Waals surface area contributed by atoms with Gasteiger partial charge in [0.25, 0.3) is 0 Å². The van der Waals surface area contributed by atoms with Crippen LogP contribution in [0.1, 0.15) is 17.9 Å². The van der Waals surface area contributed by atoms with Crippen LogP contribution < -0.4 is 10.6 Å². The van der Waals surface area contributed by atoms with E-state index in [2.05, 4.69) is 27.8 Å². The van der Waals surface area contributed by atoms with E-state index in [1.54, 1.807) is 0 Å². The van der Waals surface area contributed by atoms with E-state index in [9.17, 15) is 4.79 Å². The number of rotatable bonds is 5. The van der Waals surface area contributed by atoms with Crippen LogP contribution >= 0.6 is 11.8 Å². The number of benzene rings is 2. The normalized spacial score (nSPS) is 17.3. The first kappa shape index (κ1) is 17.1. The highest BCUT2D eigenvalue weighted by Crippen LogP contribution is 2.22. The van der Waals surface area contributed by atoms with Gasteiger partial charge in [-0.25, -0.2) is 4.98 Å². The zero-order valence-corrected chi connectivity index (χ0v) is 15.2. The molecule has 0 saturated carbocycles. The fraction of sp³-hybridized carbons (Fsp3) is 0.300.